The van der Waals surface area contributed by atoms with E-state index in [4.69, 9.17) is 0 Å². The molecule has 0 radical (unpaired) electrons. The molecule has 0 aliphatic rings. The molecule has 2 aromatic heterocycles. The van der Waals surface area contributed by atoms with Crippen LogP contribution in [0.15, 0.2) is 53.3 Å². The Morgan fingerprint density at radius 1 is 1.12 bits per heavy atom. The molecule has 25 heavy (non-hydrogen) atoms. The third kappa shape index (κ3) is 2.96. The van der Waals surface area contributed by atoms with Gasteiger partial charge in [0.1, 0.15) is 5.82 Å². The van der Waals surface area contributed by atoms with E-state index in [9.17, 15) is 9.18 Å². The number of fused-ring (bicyclic) bond motifs is 1. The minimum atomic E-state index is -0.319. The molecule has 0 aliphatic carbocycles. The number of hydrogen-bond donors (Lipinski definition) is 0. The highest BCUT2D eigenvalue weighted by Crippen LogP contribution is 2.16. The highest BCUT2D eigenvalue weighted by molar-refractivity contribution is 7.15. The van der Waals surface area contributed by atoms with Crippen LogP contribution < -0.4 is 10.1 Å². The van der Waals surface area contributed by atoms with E-state index in [1.807, 2.05) is 18.2 Å². The Labute approximate surface area is 146 Å². The molecular formula is C19H14FN3OS. The average Bonchev–Trinajstić information content (AvgIpc) is 3.16. The first kappa shape index (κ1) is 15.7. The van der Waals surface area contributed by atoms with E-state index in [1.54, 1.807) is 12.1 Å². The molecule has 2 heterocycles. The topological polar surface area (TPSA) is 47.3 Å². The van der Waals surface area contributed by atoms with Gasteiger partial charge in [-0.05, 0) is 47.9 Å². The van der Waals surface area contributed by atoms with Crippen molar-refractivity contribution in [2.75, 3.05) is 0 Å². The van der Waals surface area contributed by atoms with Crippen molar-refractivity contribution in [3.8, 4) is 11.4 Å². The summed E-state index contributed by atoms with van der Waals surface area (Å²) in [5, 5.41) is 4.26. The van der Waals surface area contributed by atoms with Crippen LogP contribution in [-0.4, -0.2) is 14.6 Å². The Hall–Kier alpha value is -2.86. The molecule has 2 aromatic carbocycles. The standard InChI is InChI=1S/C19H14FN3OS/c1-2-12-3-5-13(6-4-12)11-16-18(24)23-19(25-16)21-17(22-23)14-7-9-15(20)10-8-14/h3-11H,2H2,1H3/b16-11+. The quantitative estimate of drug-likeness (QED) is 0.570. The molecule has 0 saturated carbocycles. The number of rotatable bonds is 3. The molecule has 4 nitrogen and oxygen atoms in total. The smallest absolute Gasteiger partial charge is 0.266 e. The lowest BCUT2D eigenvalue weighted by Gasteiger charge is -1.96. The number of aryl methyl sites for hydroxylation is 1. The zero-order valence-electron chi connectivity index (χ0n) is 13.4. The van der Waals surface area contributed by atoms with Gasteiger partial charge in [0, 0.05) is 5.56 Å². The van der Waals surface area contributed by atoms with Crippen LogP contribution in [-0.2, 0) is 6.42 Å². The lowest BCUT2D eigenvalue weighted by molar-refractivity contribution is 0.628. The summed E-state index contributed by atoms with van der Waals surface area (Å²) in [6.45, 7) is 2.10. The Morgan fingerprint density at radius 2 is 1.84 bits per heavy atom. The molecule has 0 atom stereocenters. The largest absolute Gasteiger partial charge is 0.291 e. The van der Waals surface area contributed by atoms with E-state index in [-0.39, 0.29) is 11.4 Å². The van der Waals surface area contributed by atoms with Gasteiger partial charge in [-0.3, -0.25) is 4.79 Å². The monoisotopic (exact) mass is 351 g/mol. The van der Waals surface area contributed by atoms with Gasteiger partial charge >= 0.3 is 0 Å². The maximum atomic E-state index is 13.0. The van der Waals surface area contributed by atoms with Crippen LogP contribution in [0.5, 0.6) is 0 Å². The normalized spacial score (nSPS) is 12.2. The van der Waals surface area contributed by atoms with Crippen LogP contribution in [0.2, 0.25) is 0 Å². The molecule has 0 spiro atoms. The van der Waals surface area contributed by atoms with Gasteiger partial charge in [0.25, 0.3) is 5.56 Å². The number of thiazole rings is 1. The van der Waals surface area contributed by atoms with Gasteiger partial charge < -0.3 is 0 Å². The lowest BCUT2D eigenvalue weighted by atomic mass is 10.1. The van der Waals surface area contributed by atoms with E-state index >= 15 is 0 Å². The van der Waals surface area contributed by atoms with Gasteiger partial charge in [0.15, 0.2) is 5.82 Å². The summed E-state index contributed by atoms with van der Waals surface area (Å²) in [5.41, 5.74) is 2.71. The summed E-state index contributed by atoms with van der Waals surface area (Å²) in [5.74, 6) is 0.0995. The zero-order valence-corrected chi connectivity index (χ0v) is 14.3. The lowest BCUT2D eigenvalue weighted by Crippen LogP contribution is -2.23. The molecule has 0 fully saturated rings. The van der Waals surface area contributed by atoms with Gasteiger partial charge in [-0.15, -0.1) is 5.10 Å². The van der Waals surface area contributed by atoms with E-state index in [0.29, 0.717) is 20.9 Å². The molecular weight excluding hydrogens is 337 g/mol. The van der Waals surface area contributed by atoms with E-state index in [2.05, 4.69) is 29.1 Å². The fraction of sp³-hybridized carbons (Fsp3) is 0.105. The average molecular weight is 351 g/mol. The van der Waals surface area contributed by atoms with E-state index < -0.39 is 0 Å². The number of benzene rings is 2. The van der Waals surface area contributed by atoms with Crippen LogP contribution in [0.25, 0.3) is 22.4 Å². The molecule has 4 rings (SSSR count). The summed E-state index contributed by atoms with van der Waals surface area (Å²) < 4.78 is 14.9. The van der Waals surface area contributed by atoms with Crippen molar-refractivity contribution in [2.24, 2.45) is 0 Å². The number of aromatic nitrogens is 3. The number of hydrogen-bond acceptors (Lipinski definition) is 4. The summed E-state index contributed by atoms with van der Waals surface area (Å²) in [6, 6.07) is 14.0. The summed E-state index contributed by atoms with van der Waals surface area (Å²) in [6.07, 6.45) is 2.83. The highest BCUT2D eigenvalue weighted by Gasteiger charge is 2.11. The molecule has 0 saturated heterocycles. The Balaban J connectivity index is 1.76. The molecule has 0 amide bonds. The van der Waals surface area contributed by atoms with Gasteiger partial charge in [-0.2, -0.15) is 9.50 Å². The Bertz CT molecular complexity index is 1140. The summed E-state index contributed by atoms with van der Waals surface area (Å²) in [4.78, 5) is 17.5. The molecule has 0 N–H and O–H groups in total. The predicted molar refractivity (Wildman–Crippen MR) is 97.1 cm³/mol. The number of nitrogens with zero attached hydrogens (tertiary/aromatic N) is 3. The number of halogens is 1. The molecule has 124 valence electrons. The molecule has 0 aliphatic heterocycles. The zero-order chi connectivity index (χ0) is 17.4. The molecule has 0 bridgehead atoms. The predicted octanol–water partition coefficient (Wildman–Crippen LogP) is 3.07. The Kier molecular flexibility index (Phi) is 3.89. The van der Waals surface area contributed by atoms with Crippen molar-refractivity contribution in [1.29, 1.82) is 0 Å². The van der Waals surface area contributed by atoms with Crippen LogP contribution >= 0.6 is 11.3 Å². The summed E-state index contributed by atoms with van der Waals surface area (Å²) in [7, 11) is 0. The molecule has 6 heteroatoms. The van der Waals surface area contributed by atoms with Gasteiger partial charge in [0.2, 0.25) is 4.96 Å². The molecule has 4 aromatic rings. The third-order valence-corrected chi connectivity index (χ3v) is 4.93. The second kappa shape index (κ2) is 6.22. The van der Waals surface area contributed by atoms with E-state index in [1.165, 1.54) is 33.5 Å². The van der Waals surface area contributed by atoms with Crippen LogP contribution in [0.4, 0.5) is 4.39 Å². The second-order valence-corrected chi connectivity index (χ2v) is 6.66. The first-order valence-corrected chi connectivity index (χ1v) is 8.72. The van der Waals surface area contributed by atoms with Crippen LogP contribution in [0.1, 0.15) is 18.1 Å². The fourth-order valence-electron chi connectivity index (χ4n) is 2.56. The van der Waals surface area contributed by atoms with Gasteiger partial charge in [-0.25, -0.2) is 4.39 Å². The third-order valence-electron chi connectivity index (χ3n) is 3.97. The highest BCUT2D eigenvalue weighted by atomic mass is 32.1. The first-order chi connectivity index (χ1) is 12.1. The van der Waals surface area contributed by atoms with Gasteiger partial charge in [0.05, 0.1) is 4.53 Å². The molecule has 0 unspecified atom stereocenters. The van der Waals surface area contributed by atoms with Crippen molar-refractivity contribution in [1.82, 2.24) is 14.6 Å². The maximum Gasteiger partial charge on any atom is 0.291 e. The minimum Gasteiger partial charge on any atom is -0.266 e. The van der Waals surface area contributed by atoms with Crippen molar-refractivity contribution in [3.05, 3.63) is 80.4 Å². The van der Waals surface area contributed by atoms with Crippen molar-refractivity contribution in [2.45, 2.75) is 13.3 Å². The van der Waals surface area contributed by atoms with Crippen LogP contribution in [0.3, 0.4) is 0 Å². The second-order valence-electron chi connectivity index (χ2n) is 5.65. The van der Waals surface area contributed by atoms with Crippen molar-refractivity contribution >= 4 is 22.4 Å². The Morgan fingerprint density at radius 3 is 2.48 bits per heavy atom. The minimum absolute atomic E-state index is 0.194. The van der Waals surface area contributed by atoms with Crippen molar-refractivity contribution < 1.29 is 4.39 Å². The van der Waals surface area contributed by atoms with Crippen molar-refractivity contribution in [3.63, 3.8) is 0 Å². The first-order valence-electron chi connectivity index (χ1n) is 7.90. The summed E-state index contributed by atoms with van der Waals surface area (Å²) >= 11 is 1.29. The van der Waals surface area contributed by atoms with E-state index in [0.717, 1.165) is 12.0 Å². The SMILES string of the molecule is CCc1ccc(/C=c2/sc3nc(-c4ccc(F)cc4)nn3c2=O)cc1. The van der Waals surface area contributed by atoms with Crippen LogP contribution in [0, 0.1) is 5.82 Å². The maximum absolute atomic E-state index is 13.0. The fourth-order valence-corrected chi connectivity index (χ4v) is 3.46. The van der Waals surface area contributed by atoms with Gasteiger partial charge in [-0.1, -0.05) is 42.5 Å².